The van der Waals surface area contributed by atoms with E-state index >= 15 is 0 Å². The third-order valence-electron chi connectivity index (χ3n) is 7.46. The number of amides is 1. The van der Waals surface area contributed by atoms with Crippen molar-refractivity contribution in [2.45, 2.75) is 50.5 Å². The van der Waals surface area contributed by atoms with Crippen molar-refractivity contribution in [2.24, 2.45) is 11.8 Å². The number of nitrogen functional groups attached to an aromatic ring is 1. The molecule has 0 unspecified atom stereocenters. The van der Waals surface area contributed by atoms with Crippen LogP contribution in [0.25, 0.3) is 17.3 Å². The summed E-state index contributed by atoms with van der Waals surface area (Å²) in [6, 6.07) is 6.35. The number of pyridine rings is 1. The van der Waals surface area contributed by atoms with Gasteiger partial charge in [0.1, 0.15) is 11.9 Å². The zero-order valence-corrected chi connectivity index (χ0v) is 19.3. The third-order valence-corrected chi connectivity index (χ3v) is 7.46. The Balaban J connectivity index is 1.36. The minimum atomic E-state index is 0.181. The highest BCUT2D eigenvalue weighted by molar-refractivity contribution is 5.82. The average Bonchev–Trinajstić information content (AvgIpc) is 3.72. The van der Waals surface area contributed by atoms with Crippen LogP contribution in [0.1, 0.15) is 61.4 Å². The van der Waals surface area contributed by atoms with E-state index in [-0.39, 0.29) is 17.9 Å². The quantitative estimate of drug-likeness (QED) is 0.711. The summed E-state index contributed by atoms with van der Waals surface area (Å²) < 4.78 is 0. The van der Waals surface area contributed by atoms with E-state index in [0.717, 1.165) is 49.3 Å². The molecular weight excluding hydrogens is 426 g/mol. The summed E-state index contributed by atoms with van der Waals surface area (Å²) in [5, 5.41) is 10.1. The van der Waals surface area contributed by atoms with Crippen LogP contribution in [0.4, 0.5) is 11.8 Å². The Kier molecular flexibility index (Phi) is 5.01. The van der Waals surface area contributed by atoms with Crippen LogP contribution in [0.3, 0.4) is 0 Å². The molecule has 2 N–H and O–H groups in total. The van der Waals surface area contributed by atoms with Gasteiger partial charge in [0.2, 0.25) is 11.9 Å². The van der Waals surface area contributed by atoms with Gasteiger partial charge in [0.05, 0.1) is 28.7 Å². The van der Waals surface area contributed by atoms with Crippen LogP contribution < -0.4 is 10.6 Å². The fraction of sp³-hybridized carbons (Fsp3) is 0.500. The molecule has 3 saturated carbocycles. The van der Waals surface area contributed by atoms with Gasteiger partial charge in [-0.1, -0.05) is 6.58 Å². The number of piperazine rings is 1. The average molecular weight is 456 g/mol. The van der Waals surface area contributed by atoms with Gasteiger partial charge < -0.3 is 15.5 Å². The van der Waals surface area contributed by atoms with E-state index < -0.39 is 0 Å². The van der Waals surface area contributed by atoms with Crippen molar-refractivity contribution in [1.82, 2.24) is 19.9 Å². The van der Waals surface area contributed by atoms with Gasteiger partial charge in [-0.25, -0.2) is 15.0 Å². The zero-order valence-electron chi connectivity index (χ0n) is 19.3. The lowest BCUT2D eigenvalue weighted by molar-refractivity contribution is -0.135. The predicted octanol–water partition coefficient (Wildman–Crippen LogP) is 3.35. The molecule has 0 aromatic carbocycles. The van der Waals surface area contributed by atoms with Crippen molar-refractivity contribution >= 4 is 23.7 Å². The predicted molar refractivity (Wildman–Crippen MR) is 130 cm³/mol. The molecule has 1 saturated heterocycles. The molecule has 1 aliphatic heterocycles. The topological polar surface area (TPSA) is 112 Å². The molecule has 3 aliphatic carbocycles. The zero-order chi connectivity index (χ0) is 23.4. The SMILES string of the molecule is C=Cc1cc(-c2cc(C#N)c(N3CCN(C(=O)C4CC4)[C@H](C4CC4)C3)nc2C2CC2)nc(N)n1. The number of anilines is 2. The number of hydrogen-bond donors (Lipinski definition) is 1. The van der Waals surface area contributed by atoms with Crippen molar-refractivity contribution in [3.05, 3.63) is 35.7 Å². The monoisotopic (exact) mass is 455 g/mol. The molecule has 174 valence electrons. The van der Waals surface area contributed by atoms with Crippen molar-refractivity contribution in [3.63, 3.8) is 0 Å². The van der Waals surface area contributed by atoms with Crippen LogP contribution in [-0.4, -0.2) is 51.4 Å². The van der Waals surface area contributed by atoms with Crippen LogP contribution in [0, 0.1) is 23.2 Å². The molecule has 2 aromatic rings. The number of carbonyl (C=O) groups is 1. The highest BCUT2D eigenvalue weighted by Crippen LogP contribution is 2.45. The van der Waals surface area contributed by atoms with Crippen molar-refractivity contribution < 1.29 is 4.79 Å². The first-order valence-corrected chi connectivity index (χ1v) is 12.3. The first-order chi connectivity index (χ1) is 16.6. The van der Waals surface area contributed by atoms with E-state index in [1.54, 1.807) is 6.08 Å². The summed E-state index contributed by atoms with van der Waals surface area (Å²) in [7, 11) is 0. The minimum absolute atomic E-state index is 0.181. The lowest BCUT2D eigenvalue weighted by Gasteiger charge is -2.43. The molecule has 0 bridgehead atoms. The number of carbonyl (C=O) groups excluding carboxylic acids is 1. The summed E-state index contributed by atoms with van der Waals surface area (Å²) in [6.07, 6.45) is 8.22. The number of nitriles is 1. The standard InChI is InChI=1S/C26H29N7O/c1-2-19-12-21(30-26(28)29-19)20-11-18(13-27)24(31-23(20)16-5-6-16)32-9-10-33(25(34)17-7-8-17)22(14-32)15-3-4-15/h2,11-12,15-17,22H,1,3-10,14H2,(H2,28,29,30)/t22-/m0/s1. The number of hydrogen-bond acceptors (Lipinski definition) is 7. The normalized spacial score (nSPS) is 22.4. The highest BCUT2D eigenvalue weighted by atomic mass is 16.2. The van der Waals surface area contributed by atoms with E-state index in [9.17, 15) is 10.1 Å². The Hall–Kier alpha value is -3.47. The lowest BCUT2D eigenvalue weighted by atomic mass is 10.0. The van der Waals surface area contributed by atoms with Crippen LogP contribution >= 0.6 is 0 Å². The molecule has 2 aromatic heterocycles. The molecule has 1 atom stereocenters. The van der Waals surface area contributed by atoms with Crippen molar-refractivity contribution in [3.8, 4) is 17.3 Å². The Bertz CT molecular complexity index is 1210. The summed E-state index contributed by atoms with van der Waals surface area (Å²) in [4.78, 5) is 31.0. The molecule has 1 amide bonds. The van der Waals surface area contributed by atoms with E-state index in [1.165, 1.54) is 12.8 Å². The second-order valence-electron chi connectivity index (χ2n) is 10.1. The smallest absolute Gasteiger partial charge is 0.226 e. The third kappa shape index (κ3) is 3.89. The number of nitrogens with two attached hydrogens (primary N) is 1. The maximum Gasteiger partial charge on any atom is 0.226 e. The van der Waals surface area contributed by atoms with Gasteiger partial charge in [-0.2, -0.15) is 5.26 Å². The van der Waals surface area contributed by atoms with Gasteiger partial charge in [-0.15, -0.1) is 0 Å². The molecule has 8 heteroatoms. The number of aromatic nitrogens is 3. The van der Waals surface area contributed by atoms with Crippen LogP contribution in [0.5, 0.6) is 0 Å². The summed E-state index contributed by atoms with van der Waals surface area (Å²) in [5.41, 5.74) is 9.63. The minimum Gasteiger partial charge on any atom is -0.368 e. The highest BCUT2D eigenvalue weighted by Gasteiger charge is 2.45. The molecule has 4 fully saturated rings. The Morgan fingerprint density at radius 2 is 1.91 bits per heavy atom. The molecule has 34 heavy (non-hydrogen) atoms. The van der Waals surface area contributed by atoms with Crippen molar-refractivity contribution in [2.75, 3.05) is 30.3 Å². The van der Waals surface area contributed by atoms with Gasteiger partial charge in [-0.3, -0.25) is 4.79 Å². The molecule has 0 radical (unpaired) electrons. The first kappa shape index (κ1) is 21.1. The van der Waals surface area contributed by atoms with E-state index in [4.69, 9.17) is 10.7 Å². The molecule has 4 aliphatic rings. The molecule has 0 spiro atoms. The second-order valence-corrected chi connectivity index (χ2v) is 10.1. The summed E-state index contributed by atoms with van der Waals surface area (Å²) in [5.74, 6) is 2.42. The fourth-order valence-corrected chi connectivity index (χ4v) is 5.17. The van der Waals surface area contributed by atoms with Gasteiger partial charge in [-0.05, 0) is 62.7 Å². The van der Waals surface area contributed by atoms with E-state index in [2.05, 4.69) is 32.4 Å². The molecule has 8 nitrogen and oxygen atoms in total. The Labute approximate surface area is 199 Å². The van der Waals surface area contributed by atoms with E-state index in [1.807, 2.05) is 12.1 Å². The summed E-state index contributed by atoms with van der Waals surface area (Å²) >= 11 is 0. The largest absolute Gasteiger partial charge is 0.368 e. The van der Waals surface area contributed by atoms with Crippen LogP contribution in [0.2, 0.25) is 0 Å². The van der Waals surface area contributed by atoms with Gasteiger partial charge in [0.25, 0.3) is 0 Å². The number of nitrogens with zero attached hydrogens (tertiary/aromatic N) is 6. The van der Waals surface area contributed by atoms with Gasteiger partial charge in [0, 0.05) is 37.0 Å². The maximum atomic E-state index is 12.9. The fourth-order valence-electron chi connectivity index (χ4n) is 5.17. The Morgan fingerprint density at radius 3 is 2.56 bits per heavy atom. The Morgan fingerprint density at radius 1 is 1.12 bits per heavy atom. The van der Waals surface area contributed by atoms with Crippen LogP contribution in [0.15, 0.2) is 18.7 Å². The van der Waals surface area contributed by atoms with E-state index in [0.29, 0.717) is 47.8 Å². The van der Waals surface area contributed by atoms with Crippen LogP contribution in [-0.2, 0) is 4.79 Å². The lowest BCUT2D eigenvalue weighted by Crippen LogP contribution is -2.57. The second kappa shape index (κ2) is 8.08. The molecule has 6 rings (SSSR count). The molecule has 3 heterocycles. The number of rotatable bonds is 6. The van der Waals surface area contributed by atoms with Gasteiger partial charge in [0.15, 0.2) is 0 Å². The van der Waals surface area contributed by atoms with Gasteiger partial charge >= 0.3 is 0 Å². The molecular formula is C26H29N7O. The summed E-state index contributed by atoms with van der Waals surface area (Å²) in [6.45, 7) is 5.95. The van der Waals surface area contributed by atoms with Crippen molar-refractivity contribution in [1.29, 1.82) is 5.26 Å². The maximum absolute atomic E-state index is 12.9. The first-order valence-electron chi connectivity index (χ1n) is 12.3.